The topological polar surface area (TPSA) is 52.7 Å². The van der Waals surface area contributed by atoms with Crippen molar-refractivity contribution in [1.29, 1.82) is 0 Å². The van der Waals surface area contributed by atoms with Crippen molar-refractivity contribution in [3.05, 3.63) is 65.2 Å². The van der Waals surface area contributed by atoms with Gasteiger partial charge in [0.2, 0.25) is 0 Å². The smallest absolute Gasteiger partial charge is 0.255 e. The third-order valence-electron chi connectivity index (χ3n) is 6.34. The van der Waals surface area contributed by atoms with Crippen LogP contribution in [0.5, 0.6) is 0 Å². The standard InChI is InChI=1S/C25H31N3O2/c1-19-9-3-4-10-21(19)24(29)26-20-13-17-27(18-14-20)23-12-6-5-11-22(23)25(30)28-15-7-2-8-16-28/h3-6,9-12,20H,2,7-8,13-18H2,1H3,(H,26,29). The van der Waals surface area contributed by atoms with Gasteiger partial charge in [0.05, 0.1) is 5.56 Å². The van der Waals surface area contributed by atoms with Crippen LogP contribution in [-0.4, -0.2) is 48.9 Å². The molecule has 30 heavy (non-hydrogen) atoms. The molecule has 2 aromatic rings. The summed E-state index contributed by atoms with van der Waals surface area (Å²) in [5.41, 5.74) is 3.58. The molecule has 2 saturated heterocycles. The molecule has 2 amide bonds. The highest BCUT2D eigenvalue weighted by Crippen LogP contribution is 2.26. The van der Waals surface area contributed by atoms with Crippen LogP contribution in [0.15, 0.2) is 48.5 Å². The number of rotatable bonds is 4. The number of nitrogens with one attached hydrogen (secondary N) is 1. The second-order valence-electron chi connectivity index (χ2n) is 8.42. The number of carbonyl (C=O) groups excluding carboxylic acids is 2. The number of anilines is 1. The van der Waals surface area contributed by atoms with Crippen LogP contribution in [0.3, 0.4) is 0 Å². The SMILES string of the molecule is Cc1ccccc1C(=O)NC1CCN(c2ccccc2C(=O)N2CCCCC2)CC1. The number of hydrogen-bond acceptors (Lipinski definition) is 3. The molecule has 0 spiro atoms. The average Bonchev–Trinajstić information content (AvgIpc) is 2.80. The van der Waals surface area contributed by atoms with E-state index in [1.165, 1.54) is 6.42 Å². The molecule has 2 aromatic carbocycles. The Balaban J connectivity index is 1.39. The second kappa shape index (κ2) is 9.33. The Morgan fingerprint density at radius 3 is 2.17 bits per heavy atom. The summed E-state index contributed by atoms with van der Waals surface area (Å²) < 4.78 is 0. The van der Waals surface area contributed by atoms with E-state index in [1.54, 1.807) is 0 Å². The molecule has 5 heteroatoms. The quantitative estimate of drug-likeness (QED) is 0.836. The molecule has 2 aliphatic heterocycles. The molecule has 0 atom stereocenters. The molecule has 2 heterocycles. The summed E-state index contributed by atoms with van der Waals surface area (Å²) in [7, 11) is 0. The van der Waals surface area contributed by atoms with E-state index in [9.17, 15) is 9.59 Å². The van der Waals surface area contributed by atoms with Crippen molar-refractivity contribution in [2.24, 2.45) is 0 Å². The number of aryl methyl sites for hydroxylation is 1. The fraction of sp³-hybridized carbons (Fsp3) is 0.440. The van der Waals surface area contributed by atoms with Gasteiger partial charge in [-0.15, -0.1) is 0 Å². The second-order valence-corrected chi connectivity index (χ2v) is 8.42. The molecule has 2 fully saturated rings. The zero-order valence-corrected chi connectivity index (χ0v) is 17.8. The number of carbonyl (C=O) groups is 2. The number of piperidine rings is 2. The van der Waals surface area contributed by atoms with Crippen molar-refractivity contribution in [2.45, 2.75) is 45.1 Å². The average molecular weight is 406 g/mol. The van der Waals surface area contributed by atoms with E-state index in [0.717, 1.165) is 74.2 Å². The largest absolute Gasteiger partial charge is 0.371 e. The van der Waals surface area contributed by atoms with Crippen molar-refractivity contribution in [2.75, 3.05) is 31.1 Å². The number of hydrogen-bond donors (Lipinski definition) is 1. The third kappa shape index (κ3) is 4.50. The number of para-hydroxylation sites is 1. The first-order valence-electron chi connectivity index (χ1n) is 11.1. The summed E-state index contributed by atoms with van der Waals surface area (Å²) in [5, 5.41) is 3.20. The van der Waals surface area contributed by atoms with Gasteiger partial charge in [0, 0.05) is 43.5 Å². The molecule has 1 N–H and O–H groups in total. The highest BCUT2D eigenvalue weighted by Gasteiger charge is 2.26. The van der Waals surface area contributed by atoms with E-state index < -0.39 is 0 Å². The number of nitrogens with zero attached hydrogens (tertiary/aromatic N) is 2. The van der Waals surface area contributed by atoms with Crippen LogP contribution in [0.1, 0.15) is 58.4 Å². The van der Waals surface area contributed by atoms with Gasteiger partial charge >= 0.3 is 0 Å². The summed E-state index contributed by atoms with van der Waals surface area (Å²) in [6.45, 7) is 5.36. The molecule has 0 bridgehead atoms. The van der Waals surface area contributed by atoms with Crippen LogP contribution >= 0.6 is 0 Å². The Hall–Kier alpha value is -2.82. The van der Waals surface area contributed by atoms with Gasteiger partial charge in [-0.3, -0.25) is 9.59 Å². The number of amides is 2. The van der Waals surface area contributed by atoms with Crippen molar-refractivity contribution in [3.63, 3.8) is 0 Å². The molecule has 0 radical (unpaired) electrons. The van der Waals surface area contributed by atoms with E-state index in [0.29, 0.717) is 0 Å². The monoisotopic (exact) mass is 405 g/mol. The molecule has 158 valence electrons. The van der Waals surface area contributed by atoms with Gasteiger partial charge in [-0.2, -0.15) is 0 Å². The lowest BCUT2D eigenvalue weighted by atomic mass is 10.0. The van der Waals surface area contributed by atoms with Crippen molar-refractivity contribution in [3.8, 4) is 0 Å². The predicted molar refractivity (Wildman–Crippen MR) is 120 cm³/mol. The predicted octanol–water partition coefficient (Wildman–Crippen LogP) is 4.02. The Morgan fingerprint density at radius 1 is 0.833 bits per heavy atom. The summed E-state index contributed by atoms with van der Waals surface area (Å²) >= 11 is 0. The van der Waals surface area contributed by atoms with Crippen LogP contribution in [0.4, 0.5) is 5.69 Å². The van der Waals surface area contributed by atoms with E-state index in [-0.39, 0.29) is 17.9 Å². The summed E-state index contributed by atoms with van der Waals surface area (Å²) in [4.78, 5) is 30.0. The first-order valence-corrected chi connectivity index (χ1v) is 11.1. The van der Waals surface area contributed by atoms with Crippen molar-refractivity contribution >= 4 is 17.5 Å². The van der Waals surface area contributed by atoms with Gasteiger partial charge in [-0.1, -0.05) is 30.3 Å². The molecule has 0 saturated carbocycles. The zero-order valence-electron chi connectivity index (χ0n) is 17.8. The molecular formula is C25H31N3O2. The van der Waals surface area contributed by atoms with E-state index in [4.69, 9.17) is 0 Å². The lowest BCUT2D eigenvalue weighted by molar-refractivity contribution is 0.0724. The van der Waals surface area contributed by atoms with Crippen LogP contribution < -0.4 is 10.2 Å². The van der Waals surface area contributed by atoms with Gasteiger partial charge < -0.3 is 15.1 Å². The van der Waals surface area contributed by atoms with Crippen molar-refractivity contribution < 1.29 is 9.59 Å². The zero-order chi connectivity index (χ0) is 20.9. The van der Waals surface area contributed by atoms with Gasteiger partial charge in [-0.05, 0) is 62.8 Å². The summed E-state index contributed by atoms with van der Waals surface area (Å²) in [6, 6.07) is 15.8. The van der Waals surface area contributed by atoms with Crippen LogP contribution in [-0.2, 0) is 0 Å². The van der Waals surface area contributed by atoms with Gasteiger partial charge in [0.15, 0.2) is 0 Å². The third-order valence-corrected chi connectivity index (χ3v) is 6.34. The Bertz CT molecular complexity index is 897. The first kappa shape index (κ1) is 20.5. The maximum Gasteiger partial charge on any atom is 0.255 e. The normalized spacial score (nSPS) is 17.6. The molecule has 4 rings (SSSR count). The highest BCUT2D eigenvalue weighted by molar-refractivity contribution is 6.00. The molecule has 5 nitrogen and oxygen atoms in total. The summed E-state index contributed by atoms with van der Waals surface area (Å²) in [5.74, 6) is 0.160. The van der Waals surface area contributed by atoms with Crippen LogP contribution in [0.2, 0.25) is 0 Å². The fourth-order valence-corrected chi connectivity index (χ4v) is 4.55. The van der Waals surface area contributed by atoms with Crippen molar-refractivity contribution in [1.82, 2.24) is 10.2 Å². The first-order chi connectivity index (χ1) is 14.6. The Labute approximate surface area is 179 Å². The summed E-state index contributed by atoms with van der Waals surface area (Å²) in [6.07, 6.45) is 5.17. The minimum atomic E-state index is 0.00669. The van der Waals surface area contributed by atoms with E-state index in [2.05, 4.69) is 16.3 Å². The lowest BCUT2D eigenvalue weighted by Gasteiger charge is -2.36. The highest BCUT2D eigenvalue weighted by atomic mass is 16.2. The maximum absolute atomic E-state index is 13.1. The fourth-order valence-electron chi connectivity index (χ4n) is 4.55. The minimum absolute atomic E-state index is 0.00669. The molecular weight excluding hydrogens is 374 g/mol. The van der Waals surface area contributed by atoms with Crippen LogP contribution in [0, 0.1) is 6.92 Å². The molecule has 0 aromatic heterocycles. The van der Waals surface area contributed by atoms with Gasteiger partial charge in [0.1, 0.15) is 0 Å². The number of benzene rings is 2. The van der Waals surface area contributed by atoms with Gasteiger partial charge in [-0.25, -0.2) is 0 Å². The molecule has 0 unspecified atom stereocenters. The molecule has 0 aliphatic carbocycles. The Kier molecular flexibility index (Phi) is 6.36. The minimum Gasteiger partial charge on any atom is -0.371 e. The molecule has 2 aliphatic rings. The lowest BCUT2D eigenvalue weighted by Crippen LogP contribution is -2.45. The Morgan fingerprint density at radius 2 is 1.47 bits per heavy atom. The maximum atomic E-state index is 13.1. The van der Waals surface area contributed by atoms with E-state index >= 15 is 0 Å². The van der Waals surface area contributed by atoms with E-state index in [1.807, 2.05) is 54.3 Å². The number of likely N-dealkylation sites (tertiary alicyclic amines) is 1. The van der Waals surface area contributed by atoms with Gasteiger partial charge in [0.25, 0.3) is 11.8 Å². The van der Waals surface area contributed by atoms with Crippen LogP contribution in [0.25, 0.3) is 0 Å².